The fourth-order valence-corrected chi connectivity index (χ4v) is 5.78. The minimum atomic E-state index is -4.20. The van der Waals surface area contributed by atoms with Crippen LogP contribution in [0, 0.1) is 18.7 Å². The number of ether oxygens (including phenoxy) is 1. The summed E-state index contributed by atoms with van der Waals surface area (Å²) in [6, 6.07) is 17.6. The molecule has 1 atom stereocenters. The van der Waals surface area contributed by atoms with E-state index in [1.54, 1.807) is 55.5 Å². The van der Waals surface area contributed by atoms with E-state index in [2.05, 4.69) is 5.32 Å². The highest BCUT2D eigenvalue weighted by Crippen LogP contribution is 2.26. The van der Waals surface area contributed by atoms with Crippen LogP contribution < -0.4 is 14.4 Å². The van der Waals surface area contributed by atoms with Crippen LogP contribution in [-0.4, -0.2) is 50.9 Å². The van der Waals surface area contributed by atoms with Crippen molar-refractivity contribution in [1.29, 1.82) is 0 Å². The molecule has 226 valence electrons. The fourth-order valence-electron chi connectivity index (χ4n) is 4.37. The number of carbonyl (C=O) groups is 2. The van der Waals surface area contributed by atoms with Crippen LogP contribution in [0.4, 0.5) is 10.1 Å². The molecular formula is C32H40FN3O5S. The molecular weight excluding hydrogens is 557 g/mol. The van der Waals surface area contributed by atoms with E-state index in [-0.39, 0.29) is 23.3 Å². The molecule has 0 aromatic heterocycles. The lowest BCUT2D eigenvalue weighted by Gasteiger charge is -2.33. The van der Waals surface area contributed by atoms with Gasteiger partial charge in [0.05, 0.1) is 17.2 Å². The topological polar surface area (TPSA) is 96.0 Å². The molecule has 0 aliphatic carbocycles. The zero-order valence-corrected chi connectivity index (χ0v) is 25.7. The second-order valence-electron chi connectivity index (χ2n) is 10.5. The maximum absolute atomic E-state index is 14.1. The third-order valence-electron chi connectivity index (χ3n) is 6.66. The number of hydrogen-bond donors (Lipinski definition) is 1. The van der Waals surface area contributed by atoms with Crippen LogP contribution in [-0.2, 0) is 26.2 Å². The Morgan fingerprint density at radius 3 is 2.10 bits per heavy atom. The summed E-state index contributed by atoms with van der Waals surface area (Å²) in [5, 5.41) is 2.89. The van der Waals surface area contributed by atoms with Crippen molar-refractivity contribution in [2.45, 2.75) is 58.5 Å². The molecule has 10 heteroatoms. The first-order chi connectivity index (χ1) is 20.0. The molecule has 8 nitrogen and oxygen atoms in total. The first-order valence-corrected chi connectivity index (χ1v) is 15.5. The molecule has 0 unspecified atom stereocenters. The predicted molar refractivity (Wildman–Crippen MR) is 162 cm³/mol. The number of nitrogens with zero attached hydrogens (tertiary/aromatic N) is 2. The van der Waals surface area contributed by atoms with Crippen molar-refractivity contribution in [3.05, 3.63) is 89.7 Å². The normalized spacial score (nSPS) is 12.1. The largest absolute Gasteiger partial charge is 0.494 e. The third-order valence-corrected chi connectivity index (χ3v) is 8.45. The lowest BCUT2D eigenvalue weighted by Crippen LogP contribution is -2.52. The van der Waals surface area contributed by atoms with Gasteiger partial charge in [-0.05, 0) is 80.3 Å². The van der Waals surface area contributed by atoms with Crippen molar-refractivity contribution in [1.82, 2.24) is 10.2 Å². The van der Waals surface area contributed by atoms with Crippen LogP contribution in [0.2, 0.25) is 0 Å². The van der Waals surface area contributed by atoms with Crippen molar-refractivity contribution in [3.63, 3.8) is 0 Å². The van der Waals surface area contributed by atoms with Gasteiger partial charge in [-0.2, -0.15) is 0 Å². The second-order valence-corrected chi connectivity index (χ2v) is 12.3. The average Bonchev–Trinajstić information content (AvgIpc) is 2.96. The van der Waals surface area contributed by atoms with E-state index in [4.69, 9.17) is 4.74 Å². The maximum atomic E-state index is 14.1. The minimum absolute atomic E-state index is 0.00242. The molecule has 1 N–H and O–H groups in total. The summed E-state index contributed by atoms with van der Waals surface area (Å²) in [6.45, 7) is 9.75. The third kappa shape index (κ3) is 8.55. The summed E-state index contributed by atoms with van der Waals surface area (Å²) in [7, 11) is -4.20. The Balaban J connectivity index is 2.03. The Labute approximate surface area is 248 Å². The number of sulfonamides is 1. The van der Waals surface area contributed by atoms with Crippen LogP contribution >= 0.6 is 0 Å². The van der Waals surface area contributed by atoms with E-state index in [1.807, 2.05) is 27.7 Å². The smallest absolute Gasteiger partial charge is 0.264 e. The summed E-state index contributed by atoms with van der Waals surface area (Å²) in [5.41, 5.74) is 1.84. The molecule has 3 aromatic carbocycles. The number of rotatable bonds is 14. The molecule has 0 saturated heterocycles. The zero-order chi connectivity index (χ0) is 30.9. The molecule has 0 saturated carbocycles. The minimum Gasteiger partial charge on any atom is -0.494 e. The average molecular weight is 598 g/mol. The Morgan fingerprint density at radius 1 is 0.929 bits per heavy atom. The van der Waals surface area contributed by atoms with Gasteiger partial charge in [0.25, 0.3) is 10.0 Å². The molecule has 2 amide bonds. The Hall–Kier alpha value is -3.92. The molecule has 42 heavy (non-hydrogen) atoms. The first-order valence-electron chi connectivity index (χ1n) is 14.1. The number of halogens is 1. The summed E-state index contributed by atoms with van der Waals surface area (Å²) in [5.74, 6) is -0.605. The Bertz CT molecular complexity index is 1430. The standard InChI is InChI=1S/C32H40FN3O5S/c1-6-30(32(38)34-20-23(3)4)35(21-25-10-12-26(33)13-11-25)31(37)22-36(27-14-8-24(5)9-15-27)42(39,40)29-18-16-28(17-19-29)41-7-2/h8-19,23,30H,6-7,20-22H2,1-5H3,(H,34,38)/t30-/m0/s1. The fraction of sp³-hybridized carbons (Fsp3) is 0.375. The molecule has 3 aromatic rings. The molecule has 0 radical (unpaired) electrons. The summed E-state index contributed by atoms with van der Waals surface area (Å²) >= 11 is 0. The van der Waals surface area contributed by atoms with Gasteiger partial charge in [0.1, 0.15) is 24.2 Å². The van der Waals surface area contributed by atoms with Crippen molar-refractivity contribution in [3.8, 4) is 5.75 Å². The van der Waals surface area contributed by atoms with E-state index in [1.165, 1.54) is 29.2 Å². The van der Waals surface area contributed by atoms with E-state index in [0.29, 0.717) is 36.6 Å². The Kier molecular flexibility index (Phi) is 11.5. The monoisotopic (exact) mass is 597 g/mol. The van der Waals surface area contributed by atoms with Crippen LogP contribution in [0.15, 0.2) is 77.7 Å². The quantitative estimate of drug-likeness (QED) is 0.272. The van der Waals surface area contributed by atoms with Gasteiger partial charge < -0.3 is 15.0 Å². The van der Waals surface area contributed by atoms with Crippen molar-refractivity contribution in [2.24, 2.45) is 5.92 Å². The van der Waals surface area contributed by atoms with Gasteiger partial charge in [0.2, 0.25) is 11.8 Å². The number of aryl methyl sites for hydroxylation is 1. The lowest BCUT2D eigenvalue weighted by atomic mass is 10.1. The van der Waals surface area contributed by atoms with E-state index >= 15 is 0 Å². The van der Waals surface area contributed by atoms with Crippen molar-refractivity contribution < 1.29 is 27.1 Å². The number of hydrogen-bond acceptors (Lipinski definition) is 5. The van der Waals surface area contributed by atoms with E-state index in [0.717, 1.165) is 9.87 Å². The molecule has 0 aliphatic rings. The second kappa shape index (κ2) is 14.8. The van der Waals surface area contributed by atoms with Gasteiger partial charge in [0, 0.05) is 13.1 Å². The van der Waals surface area contributed by atoms with Crippen LogP contribution in [0.25, 0.3) is 0 Å². The van der Waals surface area contributed by atoms with E-state index in [9.17, 15) is 22.4 Å². The summed E-state index contributed by atoms with van der Waals surface area (Å²) < 4.78 is 48.1. The molecule has 3 rings (SSSR count). The highest BCUT2D eigenvalue weighted by Gasteiger charge is 2.33. The van der Waals surface area contributed by atoms with Crippen LogP contribution in [0.5, 0.6) is 5.75 Å². The molecule has 0 heterocycles. The zero-order valence-electron chi connectivity index (χ0n) is 24.8. The Morgan fingerprint density at radius 2 is 1.55 bits per heavy atom. The number of anilines is 1. The van der Waals surface area contributed by atoms with Gasteiger partial charge in [-0.15, -0.1) is 0 Å². The van der Waals surface area contributed by atoms with Crippen molar-refractivity contribution >= 4 is 27.5 Å². The number of benzene rings is 3. The van der Waals surface area contributed by atoms with Crippen molar-refractivity contribution in [2.75, 3.05) is 24.0 Å². The van der Waals surface area contributed by atoms with Gasteiger partial charge in [-0.1, -0.05) is 50.6 Å². The van der Waals surface area contributed by atoms with Crippen LogP contribution in [0.1, 0.15) is 45.2 Å². The van der Waals surface area contributed by atoms with Gasteiger partial charge in [0.15, 0.2) is 0 Å². The summed E-state index contributed by atoms with van der Waals surface area (Å²) in [4.78, 5) is 28.7. The van der Waals surface area contributed by atoms with Gasteiger partial charge in [-0.25, -0.2) is 12.8 Å². The lowest BCUT2D eigenvalue weighted by molar-refractivity contribution is -0.140. The maximum Gasteiger partial charge on any atom is 0.264 e. The molecule has 0 fully saturated rings. The highest BCUT2D eigenvalue weighted by atomic mass is 32.2. The molecule has 0 spiro atoms. The molecule has 0 aliphatic heterocycles. The SMILES string of the molecule is CCOc1ccc(S(=O)(=O)N(CC(=O)N(Cc2ccc(F)cc2)[C@@H](CC)C(=O)NCC(C)C)c2ccc(C)cc2)cc1. The van der Waals surface area contributed by atoms with E-state index < -0.39 is 34.3 Å². The van der Waals surface area contributed by atoms with Gasteiger partial charge >= 0.3 is 0 Å². The number of carbonyl (C=O) groups excluding carboxylic acids is 2. The summed E-state index contributed by atoms with van der Waals surface area (Å²) in [6.07, 6.45) is 0.299. The highest BCUT2D eigenvalue weighted by molar-refractivity contribution is 7.92. The van der Waals surface area contributed by atoms with Gasteiger partial charge in [-0.3, -0.25) is 13.9 Å². The predicted octanol–water partition coefficient (Wildman–Crippen LogP) is 5.31. The number of nitrogens with one attached hydrogen (secondary N) is 1. The number of amides is 2. The van der Waals surface area contributed by atoms with Crippen LogP contribution in [0.3, 0.4) is 0 Å². The molecule has 0 bridgehead atoms. The first kappa shape index (κ1) is 32.6.